The highest BCUT2D eigenvalue weighted by Gasteiger charge is 2.14. The molecular weight excluding hydrogens is 362 g/mol. The normalized spacial score (nSPS) is 10.7. The van der Waals surface area contributed by atoms with Crippen molar-refractivity contribution in [1.29, 1.82) is 0 Å². The molecule has 0 saturated carbocycles. The molecule has 0 radical (unpaired) electrons. The van der Waals surface area contributed by atoms with Crippen molar-refractivity contribution in [3.05, 3.63) is 73.8 Å². The second kappa shape index (κ2) is 6.93. The predicted molar refractivity (Wildman–Crippen MR) is 95.0 cm³/mol. The molecule has 0 saturated heterocycles. The van der Waals surface area contributed by atoms with E-state index in [1.54, 1.807) is 6.07 Å². The quantitative estimate of drug-likeness (QED) is 0.387. The number of nitro benzene ring substituents is 1. The number of ether oxygens (including phenoxy) is 1. The standard InChI is InChI=1S/C17H12ClN3O5/c1-26-16-5-2-10(6-13(16)18)15(22)8-20-9-19-14-4-3-11(21(24)25)7-12(14)17(20)23/h2-7,9H,8H2,1H3. The lowest BCUT2D eigenvalue weighted by Crippen LogP contribution is -2.24. The van der Waals surface area contributed by atoms with Crippen molar-refractivity contribution in [1.82, 2.24) is 9.55 Å². The summed E-state index contributed by atoms with van der Waals surface area (Å²) in [5.41, 5.74) is -0.132. The van der Waals surface area contributed by atoms with Crippen molar-refractivity contribution in [2.45, 2.75) is 6.54 Å². The smallest absolute Gasteiger partial charge is 0.270 e. The molecular formula is C17H12ClN3O5. The molecule has 26 heavy (non-hydrogen) atoms. The number of rotatable bonds is 5. The lowest BCUT2D eigenvalue weighted by Gasteiger charge is -2.08. The van der Waals surface area contributed by atoms with Gasteiger partial charge in [-0.1, -0.05) is 11.6 Å². The van der Waals surface area contributed by atoms with E-state index in [0.29, 0.717) is 16.8 Å². The molecule has 0 fully saturated rings. The molecule has 0 bridgehead atoms. The van der Waals surface area contributed by atoms with Crippen LogP contribution in [0.2, 0.25) is 5.02 Å². The van der Waals surface area contributed by atoms with Crippen LogP contribution < -0.4 is 10.3 Å². The first-order valence-electron chi connectivity index (χ1n) is 7.41. The third kappa shape index (κ3) is 3.27. The fourth-order valence-corrected chi connectivity index (χ4v) is 2.72. The lowest BCUT2D eigenvalue weighted by molar-refractivity contribution is -0.384. The molecule has 3 rings (SSSR count). The third-order valence-corrected chi connectivity index (χ3v) is 4.10. The number of non-ortho nitro benzene ring substituents is 1. The Labute approximate surface area is 151 Å². The van der Waals surface area contributed by atoms with Crippen molar-refractivity contribution < 1.29 is 14.5 Å². The van der Waals surface area contributed by atoms with E-state index in [1.807, 2.05) is 0 Å². The van der Waals surface area contributed by atoms with E-state index < -0.39 is 10.5 Å². The van der Waals surface area contributed by atoms with Crippen LogP contribution in [0.5, 0.6) is 5.75 Å². The number of hydrogen-bond acceptors (Lipinski definition) is 6. The minimum absolute atomic E-state index is 0.0715. The molecule has 3 aromatic rings. The highest BCUT2D eigenvalue weighted by molar-refractivity contribution is 6.32. The topological polar surface area (TPSA) is 104 Å². The number of methoxy groups -OCH3 is 1. The highest BCUT2D eigenvalue weighted by atomic mass is 35.5. The maximum atomic E-state index is 12.5. The molecule has 0 N–H and O–H groups in total. The predicted octanol–water partition coefficient (Wildman–Crippen LogP) is 2.85. The number of carbonyl (C=O) groups excluding carboxylic acids is 1. The van der Waals surface area contributed by atoms with E-state index in [2.05, 4.69) is 4.98 Å². The second-order valence-corrected chi connectivity index (χ2v) is 5.82. The Morgan fingerprint density at radius 2 is 2.08 bits per heavy atom. The lowest BCUT2D eigenvalue weighted by atomic mass is 10.1. The Morgan fingerprint density at radius 3 is 2.73 bits per heavy atom. The van der Waals surface area contributed by atoms with Crippen LogP contribution in [0.25, 0.3) is 10.9 Å². The Hall–Kier alpha value is -3.26. The Morgan fingerprint density at radius 1 is 1.31 bits per heavy atom. The molecule has 0 atom stereocenters. The third-order valence-electron chi connectivity index (χ3n) is 3.81. The van der Waals surface area contributed by atoms with Crippen LogP contribution in [-0.4, -0.2) is 27.4 Å². The molecule has 9 heteroatoms. The molecule has 1 aromatic heterocycles. The van der Waals surface area contributed by atoms with Gasteiger partial charge in [-0.05, 0) is 24.3 Å². The van der Waals surface area contributed by atoms with Gasteiger partial charge in [0, 0.05) is 17.7 Å². The summed E-state index contributed by atoms with van der Waals surface area (Å²) in [6, 6.07) is 8.36. The van der Waals surface area contributed by atoms with Crippen LogP contribution in [-0.2, 0) is 6.54 Å². The van der Waals surface area contributed by atoms with Crippen molar-refractivity contribution in [3.63, 3.8) is 0 Å². The van der Waals surface area contributed by atoms with Crippen LogP contribution >= 0.6 is 11.6 Å². The zero-order chi connectivity index (χ0) is 18.8. The number of fused-ring (bicyclic) bond motifs is 1. The van der Waals surface area contributed by atoms with Gasteiger partial charge >= 0.3 is 0 Å². The van der Waals surface area contributed by atoms with Crippen molar-refractivity contribution in [3.8, 4) is 5.75 Å². The fourth-order valence-electron chi connectivity index (χ4n) is 2.46. The molecule has 0 amide bonds. The van der Waals surface area contributed by atoms with E-state index >= 15 is 0 Å². The minimum atomic E-state index is -0.597. The zero-order valence-corrected chi connectivity index (χ0v) is 14.3. The molecule has 0 unspecified atom stereocenters. The van der Waals surface area contributed by atoms with Gasteiger partial charge in [-0.15, -0.1) is 0 Å². The number of aromatic nitrogens is 2. The van der Waals surface area contributed by atoms with Crippen LogP contribution in [0.3, 0.4) is 0 Å². The van der Waals surface area contributed by atoms with Gasteiger partial charge in [0.2, 0.25) is 0 Å². The zero-order valence-electron chi connectivity index (χ0n) is 13.5. The van der Waals surface area contributed by atoms with Gasteiger partial charge in [-0.25, -0.2) is 4.98 Å². The molecule has 0 aliphatic carbocycles. The molecule has 1 heterocycles. The van der Waals surface area contributed by atoms with Crippen molar-refractivity contribution >= 4 is 34.0 Å². The summed E-state index contributed by atoms with van der Waals surface area (Å²) in [6.45, 7) is -0.271. The number of carbonyl (C=O) groups is 1. The summed E-state index contributed by atoms with van der Waals surface area (Å²) in [7, 11) is 1.46. The molecule has 0 spiro atoms. The van der Waals surface area contributed by atoms with Gasteiger partial charge in [0.1, 0.15) is 5.75 Å². The highest BCUT2D eigenvalue weighted by Crippen LogP contribution is 2.25. The summed E-state index contributed by atoms with van der Waals surface area (Å²) in [5.74, 6) is 0.0725. The monoisotopic (exact) mass is 373 g/mol. The second-order valence-electron chi connectivity index (χ2n) is 5.41. The first-order valence-corrected chi connectivity index (χ1v) is 7.79. The number of halogens is 1. The van der Waals surface area contributed by atoms with Gasteiger partial charge in [-0.3, -0.25) is 24.3 Å². The first kappa shape index (κ1) is 17.6. The van der Waals surface area contributed by atoms with Crippen LogP contribution in [0.4, 0.5) is 5.69 Å². The number of Topliss-reactive ketones (excluding diaryl/α,β-unsaturated/α-hetero) is 1. The minimum Gasteiger partial charge on any atom is -0.495 e. The maximum Gasteiger partial charge on any atom is 0.270 e. The van der Waals surface area contributed by atoms with Gasteiger partial charge in [0.15, 0.2) is 5.78 Å². The van der Waals surface area contributed by atoms with Crippen molar-refractivity contribution in [2.24, 2.45) is 0 Å². The first-order chi connectivity index (χ1) is 12.4. The summed E-state index contributed by atoms with van der Waals surface area (Å²) in [5, 5.41) is 11.2. The van der Waals surface area contributed by atoms with Crippen molar-refractivity contribution in [2.75, 3.05) is 7.11 Å². The van der Waals surface area contributed by atoms with E-state index in [4.69, 9.17) is 16.3 Å². The molecule has 0 aliphatic rings. The van der Waals surface area contributed by atoms with E-state index in [-0.39, 0.29) is 28.4 Å². The van der Waals surface area contributed by atoms with Gasteiger partial charge in [0.05, 0.1) is 40.8 Å². The van der Waals surface area contributed by atoms with E-state index in [0.717, 1.165) is 10.6 Å². The van der Waals surface area contributed by atoms with Gasteiger partial charge < -0.3 is 4.74 Å². The van der Waals surface area contributed by atoms with Crippen LogP contribution in [0, 0.1) is 10.1 Å². The molecule has 2 aromatic carbocycles. The van der Waals surface area contributed by atoms with Gasteiger partial charge in [0.25, 0.3) is 11.2 Å². The summed E-state index contributed by atoms with van der Waals surface area (Å²) < 4.78 is 6.14. The SMILES string of the molecule is COc1ccc(C(=O)Cn2cnc3ccc([N+](=O)[O-])cc3c2=O)cc1Cl. The van der Waals surface area contributed by atoms with Gasteiger partial charge in [-0.2, -0.15) is 0 Å². The number of hydrogen-bond donors (Lipinski definition) is 0. The molecule has 132 valence electrons. The average molecular weight is 374 g/mol. The Balaban J connectivity index is 1.96. The molecule has 8 nitrogen and oxygen atoms in total. The van der Waals surface area contributed by atoms with E-state index in [9.17, 15) is 19.7 Å². The van der Waals surface area contributed by atoms with E-state index in [1.165, 1.54) is 37.7 Å². The summed E-state index contributed by atoms with van der Waals surface area (Å²) >= 11 is 6.01. The Kier molecular flexibility index (Phi) is 4.68. The number of nitrogens with zero attached hydrogens (tertiary/aromatic N) is 3. The largest absolute Gasteiger partial charge is 0.495 e. The molecule has 0 aliphatic heterocycles. The number of ketones is 1. The number of benzene rings is 2. The number of nitro groups is 1. The summed E-state index contributed by atoms with van der Waals surface area (Å²) in [6.07, 6.45) is 1.24. The fraction of sp³-hybridized carbons (Fsp3) is 0.118. The summed E-state index contributed by atoms with van der Waals surface area (Å²) in [4.78, 5) is 39.3. The Bertz CT molecular complexity index is 1090. The average Bonchev–Trinajstić information content (AvgIpc) is 2.63. The van der Waals surface area contributed by atoms with Crippen LogP contribution in [0.15, 0.2) is 47.5 Å². The van der Waals surface area contributed by atoms with Crippen LogP contribution in [0.1, 0.15) is 10.4 Å². The maximum absolute atomic E-state index is 12.5.